The number of hydrogen-bond donors (Lipinski definition) is 0. The van der Waals surface area contributed by atoms with Crippen molar-refractivity contribution in [1.82, 2.24) is 0 Å². The maximum absolute atomic E-state index is 5.36. The fraction of sp³-hybridized carbons (Fsp3) is 0.105. The highest BCUT2D eigenvalue weighted by atomic mass is 16.4. The molecule has 0 atom stereocenters. The summed E-state index contributed by atoms with van der Waals surface area (Å²) in [6.07, 6.45) is 5.14. The second-order valence-corrected chi connectivity index (χ2v) is 5.20. The summed E-state index contributed by atoms with van der Waals surface area (Å²) in [5.41, 5.74) is 2.67. The van der Waals surface area contributed by atoms with Crippen LogP contribution in [0.5, 0.6) is 0 Å². The molecule has 0 amide bonds. The quantitative estimate of drug-likeness (QED) is 0.421. The molecular weight excluding hydrogens is 244 g/mol. The highest BCUT2D eigenvalue weighted by molar-refractivity contribution is 6.12. The molecule has 20 heavy (non-hydrogen) atoms. The van der Waals surface area contributed by atoms with Gasteiger partial charge in [-0.05, 0) is 38.7 Å². The van der Waals surface area contributed by atoms with E-state index in [-0.39, 0.29) is 0 Å². The second kappa shape index (κ2) is 4.31. The van der Waals surface area contributed by atoms with Gasteiger partial charge in [-0.1, -0.05) is 48.5 Å². The molecule has 0 bridgehead atoms. The third-order valence-electron chi connectivity index (χ3n) is 4.12. The van der Waals surface area contributed by atoms with E-state index in [0.29, 0.717) is 0 Å². The zero-order valence-corrected chi connectivity index (χ0v) is 11.4. The number of allylic oxidation sites excluding steroid dienone is 1. The molecule has 0 heterocycles. The molecular formula is C19H15O+. The molecule has 0 radical (unpaired) electrons. The smallest absolute Gasteiger partial charge is 0.262 e. The first-order valence-corrected chi connectivity index (χ1v) is 6.88. The van der Waals surface area contributed by atoms with Crippen molar-refractivity contribution < 1.29 is 4.42 Å². The van der Waals surface area contributed by atoms with Gasteiger partial charge in [0.15, 0.2) is 0 Å². The summed E-state index contributed by atoms with van der Waals surface area (Å²) in [5.74, 6) is 1.03. The number of rotatable bonds is 0. The van der Waals surface area contributed by atoms with Crippen molar-refractivity contribution in [1.29, 1.82) is 0 Å². The minimum Gasteiger partial charge on any atom is -0.262 e. The minimum absolute atomic E-state index is 0.880. The van der Waals surface area contributed by atoms with E-state index < -0.39 is 0 Å². The molecule has 0 aromatic heterocycles. The SMILES string of the molecule is C[O+]=C1C=Cc2c(ccc3c2ccc2ccccc23)C1. The van der Waals surface area contributed by atoms with Crippen molar-refractivity contribution in [3.05, 3.63) is 65.7 Å². The Hall–Kier alpha value is -2.41. The first-order chi connectivity index (χ1) is 9.86. The maximum atomic E-state index is 5.36. The lowest BCUT2D eigenvalue weighted by Crippen LogP contribution is -2.07. The van der Waals surface area contributed by atoms with Gasteiger partial charge < -0.3 is 0 Å². The summed E-state index contributed by atoms with van der Waals surface area (Å²) in [7, 11) is 1.74. The largest absolute Gasteiger partial charge is 0.323 e. The maximum Gasteiger partial charge on any atom is 0.323 e. The van der Waals surface area contributed by atoms with Crippen molar-refractivity contribution in [3.63, 3.8) is 0 Å². The summed E-state index contributed by atoms with van der Waals surface area (Å²) in [6, 6.07) is 17.5. The van der Waals surface area contributed by atoms with Crippen LogP contribution in [0.1, 0.15) is 11.1 Å². The van der Waals surface area contributed by atoms with E-state index in [1.54, 1.807) is 7.11 Å². The van der Waals surface area contributed by atoms with E-state index in [9.17, 15) is 0 Å². The van der Waals surface area contributed by atoms with E-state index in [1.165, 1.54) is 32.7 Å². The van der Waals surface area contributed by atoms with Crippen LogP contribution in [0.3, 0.4) is 0 Å². The molecule has 4 rings (SSSR count). The van der Waals surface area contributed by atoms with E-state index in [2.05, 4.69) is 60.7 Å². The average molecular weight is 259 g/mol. The van der Waals surface area contributed by atoms with Crippen LogP contribution in [0.2, 0.25) is 0 Å². The summed E-state index contributed by atoms with van der Waals surface area (Å²) in [4.78, 5) is 0. The van der Waals surface area contributed by atoms with Gasteiger partial charge in [0.05, 0.1) is 6.42 Å². The monoisotopic (exact) mass is 259 g/mol. The number of benzene rings is 3. The highest BCUT2D eigenvalue weighted by Crippen LogP contribution is 2.32. The lowest BCUT2D eigenvalue weighted by Gasteiger charge is -2.12. The average Bonchev–Trinajstić information content (AvgIpc) is 2.53. The van der Waals surface area contributed by atoms with Gasteiger partial charge in [0, 0.05) is 6.08 Å². The molecule has 0 unspecified atom stereocenters. The molecule has 1 heteroatoms. The highest BCUT2D eigenvalue weighted by Gasteiger charge is 2.18. The summed E-state index contributed by atoms with van der Waals surface area (Å²) in [5, 5.41) is 5.27. The summed E-state index contributed by atoms with van der Waals surface area (Å²) in [6.45, 7) is 0. The van der Waals surface area contributed by atoms with Crippen molar-refractivity contribution in [2.75, 3.05) is 7.11 Å². The molecule has 1 aliphatic carbocycles. The third-order valence-corrected chi connectivity index (χ3v) is 4.12. The Kier molecular flexibility index (Phi) is 2.46. The van der Waals surface area contributed by atoms with Crippen LogP contribution >= 0.6 is 0 Å². The first-order valence-electron chi connectivity index (χ1n) is 6.88. The Morgan fingerprint density at radius 3 is 2.55 bits per heavy atom. The molecule has 96 valence electrons. The van der Waals surface area contributed by atoms with Crippen LogP contribution in [0.15, 0.2) is 54.6 Å². The van der Waals surface area contributed by atoms with Crippen molar-refractivity contribution in [2.24, 2.45) is 0 Å². The van der Waals surface area contributed by atoms with Gasteiger partial charge in [0.2, 0.25) is 0 Å². The van der Waals surface area contributed by atoms with Gasteiger partial charge in [0.1, 0.15) is 0 Å². The van der Waals surface area contributed by atoms with Crippen molar-refractivity contribution in [2.45, 2.75) is 6.42 Å². The minimum atomic E-state index is 0.880. The zero-order valence-electron chi connectivity index (χ0n) is 11.4. The van der Waals surface area contributed by atoms with Crippen LogP contribution in [-0.2, 0) is 10.8 Å². The number of carbonyl (C=O) groups excluding carboxylic acids is 1. The third kappa shape index (κ3) is 1.60. The predicted molar refractivity (Wildman–Crippen MR) is 85.1 cm³/mol. The van der Waals surface area contributed by atoms with Gasteiger partial charge in [-0.2, -0.15) is 0 Å². The van der Waals surface area contributed by atoms with Gasteiger partial charge >= 0.3 is 5.78 Å². The summed E-state index contributed by atoms with van der Waals surface area (Å²) < 4.78 is 5.36. The molecule has 0 aliphatic heterocycles. The second-order valence-electron chi connectivity index (χ2n) is 5.20. The van der Waals surface area contributed by atoms with Gasteiger partial charge in [-0.25, -0.2) is 0 Å². The Morgan fingerprint density at radius 2 is 1.65 bits per heavy atom. The molecule has 3 aromatic rings. The van der Waals surface area contributed by atoms with Crippen molar-refractivity contribution >= 4 is 33.4 Å². The molecule has 1 nitrogen and oxygen atoms in total. The number of fused-ring (bicyclic) bond motifs is 5. The number of ketones is 1. The van der Waals surface area contributed by atoms with E-state index in [0.717, 1.165) is 12.2 Å². The molecule has 0 spiro atoms. The Balaban J connectivity index is 2.08. The van der Waals surface area contributed by atoms with Crippen molar-refractivity contribution in [3.8, 4) is 0 Å². The lowest BCUT2D eigenvalue weighted by molar-refractivity contribution is -0.420. The van der Waals surface area contributed by atoms with Crippen LogP contribution in [0.4, 0.5) is 0 Å². The Bertz CT molecular complexity index is 885. The fourth-order valence-corrected chi connectivity index (χ4v) is 3.07. The predicted octanol–water partition coefficient (Wildman–Crippen LogP) is 4.30. The molecule has 1 aliphatic rings. The zero-order chi connectivity index (χ0) is 13.5. The van der Waals surface area contributed by atoms with Gasteiger partial charge in [-0.3, -0.25) is 4.42 Å². The molecule has 0 saturated heterocycles. The van der Waals surface area contributed by atoms with E-state index in [1.807, 2.05) is 0 Å². The summed E-state index contributed by atoms with van der Waals surface area (Å²) >= 11 is 0. The Labute approximate surface area is 117 Å². The fourth-order valence-electron chi connectivity index (χ4n) is 3.07. The molecule has 0 fully saturated rings. The standard InChI is InChI=1S/C19H15O/c1-20-15-8-11-17-14(12-15)7-10-18-16-5-3-2-4-13(16)6-9-19(17)18/h2-11H,12H2,1H3/q+1. The van der Waals surface area contributed by atoms with E-state index in [4.69, 9.17) is 4.42 Å². The van der Waals surface area contributed by atoms with Gasteiger partial charge in [0.25, 0.3) is 7.11 Å². The first kappa shape index (κ1) is 11.4. The Morgan fingerprint density at radius 1 is 0.800 bits per heavy atom. The molecule has 0 N–H and O–H groups in total. The number of hydrogen-bond acceptors (Lipinski definition) is 0. The van der Waals surface area contributed by atoms with Crippen LogP contribution in [0.25, 0.3) is 27.6 Å². The normalized spacial score (nSPS) is 15.9. The molecule has 0 saturated carbocycles. The van der Waals surface area contributed by atoms with Gasteiger partial charge in [-0.15, -0.1) is 0 Å². The topological polar surface area (TPSA) is 11.3 Å². The van der Waals surface area contributed by atoms with Crippen LogP contribution < -0.4 is 0 Å². The van der Waals surface area contributed by atoms with E-state index >= 15 is 0 Å². The van der Waals surface area contributed by atoms with Crippen LogP contribution in [-0.4, -0.2) is 12.9 Å². The molecule has 3 aromatic carbocycles. The lowest BCUT2D eigenvalue weighted by atomic mass is 9.90. The van der Waals surface area contributed by atoms with Crippen LogP contribution in [0, 0.1) is 0 Å².